The second-order valence-electron chi connectivity index (χ2n) is 5.19. The lowest BCUT2D eigenvalue weighted by molar-refractivity contribution is -0.210. The van der Waals surface area contributed by atoms with E-state index >= 15 is 0 Å². The summed E-state index contributed by atoms with van der Waals surface area (Å²) in [6.07, 6.45) is -7.35. The van der Waals surface area contributed by atoms with Crippen molar-refractivity contribution in [3.05, 3.63) is 29.6 Å². The molecule has 2 N–H and O–H groups in total. The first-order valence-corrected chi connectivity index (χ1v) is 6.56. The van der Waals surface area contributed by atoms with Gasteiger partial charge in [0.05, 0.1) is 0 Å². The van der Waals surface area contributed by atoms with E-state index in [4.69, 9.17) is 9.84 Å². The molecule has 1 unspecified atom stereocenters. The average Bonchev–Trinajstić information content (AvgIpc) is 2.33. The van der Waals surface area contributed by atoms with Crippen LogP contribution in [0.3, 0.4) is 0 Å². The highest BCUT2D eigenvalue weighted by Crippen LogP contribution is 2.22. The Morgan fingerprint density at radius 3 is 2.48 bits per heavy atom. The van der Waals surface area contributed by atoms with E-state index in [1.807, 2.05) is 13.8 Å². The summed E-state index contributed by atoms with van der Waals surface area (Å²) in [6.45, 7) is 4.19. The van der Waals surface area contributed by atoms with E-state index in [-0.39, 0.29) is 5.75 Å². The van der Waals surface area contributed by atoms with Gasteiger partial charge in [-0.1, -0.05) is 13.8 Å². The third-order valence-electron chi connectivity index (χ3n) is 2.60. The molecule has 0 saturated heterocycles. The largest absolute Gasteiger partial charge is 0.490 e. The summed E-state index contributed by atoms with van der Waals surface area (Å²) < 4.78 is 54.6. The molecule has 0 radical (unpaired) electrons. The molecule has 1 atom stereocenters. The van der Waals surface area contributed by atoms with Gasteiger partial charge in [0.25, 0.3) is 0 Å². The van der Waals surface area contributed by atoms with Crippen molar-refractivity contribution >= 4 is 0 Å². The Bertz CT molecular complexity index is 449. The molecule has 0 fully saturated rings. The normalized spacial score (nSPS) is 13.5. The molecule has 0 aromatic heterocycles. The van der Waals surface area contributed by atoms with E-state index in [2.05, 4.69) is 5.32 Å². The number of ether oxygens (including phenoxy) is 1. The zero-order valence-electron chi connectivity index (χ0n) is 11.9. The van der Waals surface area contributed by atoms with Crippen molar-refractivity contribution in [2.75, 3.05) is 13.2 Å². The lowest BCUT2D eigenvalue weighted by atomic mass is 10.2. The van der Waals surface area contributed by atoms with Crippen molar-refractivity contribution in [1.82, 2.24) is 5.32 Å². The Kier molecular flexibility index (Phi) is 6.42. The van der Waals surface area contributed by atoms with Gasteiger partial charge in [0.2, 0.25) is 0 Å². The van der Waals surface area contributed by atoms with E-state index in [1.165, 1.54) is 12.1 Å². The molecule has 0 amide bonds. The van der Waals surface area contributed by atoms with E-state index in [9.17, 15) is 17.6 Å². The minimum atomic E-state index is -4.75. The molecular weight excluding hydrogens is 290 g/mol. The molecule has 7 heteroatoms. The Hall–Kier alpha value is -1.34. The zero-order valence-corrected chi connectivity index (χ0v) is 11.9. The molecule has 21 heavy (non-hydrogen) atoms. The third kappa shape index (κ3) is 6.77. The van der Waals surface area contributed by atoms with Crippen LogP contribution < -0.4 is 10.1 Å². The average molecular weight is 309 g/mol. The SMILES string of the molecule is CC(C)CNCc1cc(F)cc(OCC(O)C(F)(F)F)c1. The molecule has 0 aliphatic rings. The highest BCUT2D eigenvalue weighted by Gasteiger charge is 2.38. The van der Waals surface area contributed by atoms with Crippen LogP contribution in [0.1, 0.15) is 19.4 Å². The van der Waals surface area contributed by atoms with E-state index in [1.54, 1.807) is 0 Å². The first-order chi connectivity index (χ1) is 9.68. The molecule has 0 aliphatic carbocycles. The van der Waals surface area contributed by atoms with E-state index in [0.29, 0.717) is 18.0 Å². The summed E-state index contributed by atoms with van der Waals surface area (Å²) in [4.78, 5) is 0. The molecule has 1 aromatic carbocycles. The fourth-order valence-corrected chi connectivity index (χ4v) is 1.58. The van der Waals surface area contributed by atoms with Crippen LogP contribution in [0, 0.1) is 11.7 Å². The highest BCUT2D eigenvalue weighted by molar-refractivity contribution is 5.29. The van der Waals surface area contributed by atoms with Crippen LogP contribution >= 0.6 is 0 Å². The molecule has 0 heterocycles. The van der Waals surface area contributed by atoms with Gasteiger partial charge in [0, 0.05) is 12.6 Å². The Morgan fingerprint density at radius 2 is 1.90 bits per heavy atom. The van der Waals surface area contributed by atoms with Crippen LogP contribution in [-0.4, -0.2) is 30.5 Å². The predicted molar refractivity (Wildman–Crippen MR) is 70.5 cm³/mol. The van der Waals surface area contributed by atoms with Crippen LogP contribution in [0.2, 0.25) is 0 Å². The second kappa shape index (κ2) is 7.61. The Labute approximate surface area is 120 Å². The van der Waals surface area contributed by atoms with Crippen LogP contribution in [-0.2, 0) is 6.54 Å². The number of hydrogen-bond acceptors (Lipinski definition) is 3. The summed E-state index contributed by atoms with van der Waals surface area (Å²) in [5, 5.41) is 11.9. The summed E-state index contributed by atoms with van der Waals surface area (Å²) in [7, 11) is 0. The van der Waals surface area contributed by atoms with Crippen molar-refractivity contribution in [1.29, 1.82) is 0 Å². The van der Waals surface area contributed by atoms with Gasteiger partial charge < -0.3 is 15.2 Å². The molecular formula is C14H19F4NO2. The molecule has 0 bridgehead atoms. The molecule has 0 spiro atoms. The Balaban J connectivity index is 2.60. The maximum atomic E-state index is 13.4. The van der Waals surface area contributed by atoms with Crippen molar-refractivity contribution in [3.8, 4) is 5.75 Å². The summed E-state index contributed by atoms with van der Waals surface area (Å²) in [5.41, 5.74) is 0.562. The molecule has 0 aliphatic heterocycles. The number of hydrogen-bond donors (Lipinski definition) is 2. The predicted octanol–water partition coefficient (Wildman–Crippen LogP) is 2.87. The molecule has 120 valence electrons. The highest BCUT2D eigenvalue weighted by atomic mass is 19.4. The quantitative estimate of drug-likeness (QED) is 0.761. The number of halogens is 4. The minimum Gasteiger partial charge on any atom is -0.490 e. The zero-order chi connectivity index (χ0) is 16.0. The summed E-state index contributed by atoms with van der Waals surface area (Å²) in [6, 6.07) is 3.70. The van der Waals surface area contributed by atoms with Gasteiger partial charge >= 0.3 is 6.18 Å². The maximum Gasteiger partial charge on any atom is 0.417 e. The standard InChI is InChI=1S/C14H19F4NO2/c1-9(2)6-19-7-10-3-11(15)5-12(4-10)21-8-13(20)14(16,17)18/h3-5,9,13,19-20H,6-8H2,1-2H3. The summed E-state index contributed by atoms with van der Waals surface area (Å²) >= 11 is 0. The number of alkyl halides is 3. The van der Waals surface area contributed by atoms with E-state index in [0.717, 1.165) is 12.6 Å². The van der Waals surface area contributed by atoms with Gasteiger partial charge in [-0.25, -0.2) is 4.39 Å². The smallest absolute Gasteiger partial charge is 0.417 e. The molecule has 0 saturated carbocycles. The monoisotopic (exact) mass is 309 g/mol. The van der Waals surface area contributed by atoms with Gasteiger partial charge in [-0.05, 0) is 30.2 Å². The van der Waals surface area contributed by atoms with E-state index < -0.39 is 24.7 Å². The van der Waals surface area contributed by atoms with Gasteiger partial charge in [0.15, 0.2) is 6.10 Å². The van der Waals surface area contributed by atoms with Crippen LogP contribution in [0.5, 0.6) is 5.75 Å². The Morgan fingerprint density at radius 1 is 1.24 bits per heavy atom. The van der Waals surface area contributed by atoms with Crippen molar-refractivity contribution < 1.29 is 27.4 Å². The van der Waals surface area contributed by atoms with Crippen molar-refractivity contribution in [2.45, 2.75) is 32.7 Å². The molecule has 3 nitrogen and oxygen atoms in total. The fourth-order valence-electron chi connectivity index (χ4n) is 1.58. The number of rotatable bonds is 7. The molecule has 1 aromatic rings. The third-order valence-corrected chi connectivity index (χ3v) is 2.60. The van der Waals surface area contributed by atoms with Crippen LogP contribution in [0.25, 0.3) is 0 Å². The van der Waals surface area contributed by atoms with Crippen molar-refractivity contribution in [2.24, 2.45) is 5.92 Å². The number of nitrogens with one attached hydrogen (secondary N) is 1. The lowest BCUT2D eigenvalue weighted by Gasteiger charge is -2.16. The first-order valence-electron chi connectivity index (χ1n) is 6.56. The van der Waals surface area contributed by atoms with Gasteiger partial charge in [-0.15, -0.1) is 0 Å². The number of aliphatic hydroxyl groups excluding tert-OH is 1. The van der Waals surface area contributed by atoms with Crippen LogP contribution in [0.4, 0.5) is 17.6 Å². The van der Waals surface area contributed by atoms with Crippen molar-refractivity contribution in [3.63, 3.8) is 0 Å². The second-order valence-corrected chi connectivity index (χ2v) is 5.19. The van der Waals surface area contributed by atoms with Gasteiger partial charge in [-0.2, -0.15) is 13.2 Å². The maximum absolute atomic E-state index is 13.4. The minimum absolute atomic E-state index is 0.0420. The first kappa shape index (κ1) is 17.7. The number of benzene rings is 1. The molecule has 1 rings (SSSR count). The van der Waals surface area contributed by atoms with Gasteiger partial charge in [0.1, 0.15) is 18.2 Å². The lowest BCUT2D eigenvalue weighted by Crippen LogP contribution is -2.34. The number of aliphatic hydroxyl groups is 1. The fraction of sp³-hybridized carbons (Fsp3) is 0.571. The topological polar surface area (TPSA) is 41.5 Å². The van der Waals surface area contributed by atoms with Gasteiger partial charge in [-0.3, -0.25) is 0 Å². The summed E-state index contributed by atoms with van der Waals surface area (Å²) in [5.74, 6) is -0.216. The van der Waals surface area contributed by atoms with Crippen LogP contribution in [0.15, 0.2) is 18.2 Å².